The Morgan fingerprint density at radius 1 is 1.44 bits per heavy atom. The molecule has 0 saturated heterocycles. The van der Waals surface area contributed by atoms with Crippen LogP contribution < -0.4 is 11.3 Å². The SMILES string of the molecule is Cn1ncnc1SCCCn1cc(N)ccc1=O. The van der Waals surface area contributed by atoms with Gasteiger partial charge in [0.05, 0.1) is 0 Å². The van der Waals surface area contributed by atoms with E-state index < -0.39 is 0 Å². The molecule has 0 bridgehead atoms. The lowest BCUT2D eigenvalue weighted by atomic mass is 10.4. The van der Waals surface area contributed by atoms with Crippen LogP contribution in [0.2, 0.25) is 0 Å². The molecule has 0 unspecified atom stereocenters. The number of nitrogens with two attached hydrogens (primary N) is 1. The summed E-state index contributed by atoms with van der Waals surface area (Å²) in [5, 5.41) is 4.88. The molecule has 7 heteroatoms. The number of anilines is 1. The van der Waals surface area contributed by atoms with E-state index in [0.29, 0.717) is 12.2 Å². The minimum Gasteiger partial charge on any atom is -0.398 e. The average Bonchev–Trinajstić information content (AvgIpc) is 2.75. The smallest absolute Gasteiger partial charge is 0.250 e. The van der Waals surface area contributed by atoms with Crippen molar-refractivity contribution in [3.63, 3.8) is 0 Å². The third kappa shape index (κ3) is 3.13. The number of hydrogen-bond donors (Lipinski definition) is 1. The standard InChI is InChI=1S/C11H15N5OS/c1-15-11(13-8-14-15)18-6-2-5-16-7-9(12)3-4-10(16)17/h3-4,7-8H,2,5-6,12H2,1H3. The Morgan fingerprint density at radius 2 is 2.28 bits per heavy atom. The van der Waals surface area contributed by atoms with Gasteiger partial charge in [0.15, 0.2) is 5.16 Å². The minimum absolute atomic E-state index is 0.0205. The predicted octanol–water partition coefficient (Wildman–Crippen LogP) is 0.741. The maximum atomic E-state index is 11.5. The number of pyridine rings is 1. The second-order valence-electron chi connectivity index (χ2n) is 3.86. The highest BCUT2D eigenvalue weighted by Gasteiger charge is 2.01. The second kappa shape index (κ2) is 5.72. The Morgan fingerprint density at radius 3 is 3.00 bits per heavy atom. The molecule has 96 valence electrons. The number of aryl methyl sites for hydroxylation is 2. The largest absolute Gasteiger partial charge is 0.398 e. The van der Waals surface area contributed by atoms with Crippen LogP contribution >= 0.6 is 11.8 Å². The van der Waals surface area contributed by atoms with E-state index in [2.05, 4.69) is 10.1 Å². The number of aromatic nitrogens is 4. The predicted molar refractivity (Wildman–Crippen MR) is 71.5 cm³/mol. The maximum absolute atomic E-state index is 11.5. The second-order valence-corrected chi connectivity index (χ2v) is 4.92. The zero-order chi connectivity index (χ0) is 13.0. The van der Waals surface area contributed by atoms with Gasteiger partial charge < -0.3 is 10.3 Å². The number of nitrogen functional groups attached to an aromatic ring is 1. The Labute approximate surface area is 109 Å². The van der Waals surface area contributed by atoms with Crippen molar-refractivity contribution in [2.75, 3.05) is 11.5 Å². The summed E-state index contributed by atoms with van der Waals surface area (Å²) < 4.78 is 3.36. The van der Waals surface area contributed by atoms with Crippen molar-refractivity contribution in [1.29, 1.82) is 0 Å². The summed E-state index contributed by atoms with van der Waals surface area (Å²) in [7, 11) is 1.86. The fourth-order valence-corrected chi connectivity index (χ4v) is 2.35. The zero-order valence-corrected chi connectivity index (χ0v) is 10.9. The molecule has 2 heterocycles. The zero-order valence-electron chi connectivity index (χ0n) is 10.1. The van der Waals surface area contributed by atoms with Crippen LogP contribution in [0.25, 0.3) is 0 Å². The van der Waals surface area contributed by atoms with Crippen molar-refractivity contribution in [3.8, 4) is 0 Å². The van der Waals surface area contributed by atoms with Crippen molar-refractivity contribution >= 4 is 17.4 Å². The van der Waals surface area contributed by atoms with Gasteiger partial charge in [0.1, 0.15) is 6.33 Å². The molecule has 0 aromatic carbocycles. The quantitative estimate of drug-likeness (QED) is 0.637. The van der Waals surface area contributed by atoms with Crippen LogP contribution in [0.15, 0.2) is 34.6 Å². The first-order chi connectivity index (χ1) is 8.66. The molecule has 0 amide bonds. The fourth-order valence-electron chi connectivity index (χ4n) is 1.54. The number of nitrogens with zero attached hydrogens (tertiary/aromatic N) is 4. The van der Waals surface area contributed by atoms with Crippen LogP contribution in [0, 0.1) is 0 Å². The Hall–Kier alpha value is -1.76. The summed E-state index contributed by atoms with van der Waals surface area (Å²) in [5.41, 5.74) is 6.23. The lowest BCUT2D eigenvalue weighted by Crippen LogP contribution is -2.19. The van der Waals surface area contributed by atoms with Gasteiger partial charge in [-0.25, -0.2) is 9.67 Å². The van der Waals surface area contributed by atoms with Crippen molar-refractivity contribution < 1.29 is 0 Å². The highest BCUT2D eigenvalue weighted by atomic mass is 32.2. The molecule has 0 aliphatic rings. The van der Waals surface area contributed by atoms with Crippen LogP contribution in [0.3, 0.4) is 0 Å². The molecule has 0 saturated carbocycles. The molecule has 0 fully saturated rings. The first-order valence-corrected chi connectivity index (χ1v) is 6.58. The van der Waals surface area contributed by atoms with Gasteiger partial charge in [-0.3, -0.25) is 4.79 Å². The first kappa shape index (κ1) is 12.7. The van der Waals surface area contributed by atoms with Crippen LogP contribution in [0.1, 0.15) is 6.42 Å². The molecule has 2 rings (SSSR count). The molecule has 2 aromatic rings. The van der Waals surface area contributed by atoms with E-state index in [1.807, 2.05) is 7.05 Å². The van der Waals surface area contributed by atoms with E-state index in [1.54, 1.807) is 33.3 Å². The summed E-state index contributed by atoms with van der Waals surface area (Å²) in [6, 6.07) is 3.11. The molecule has 2 aromatic heterocycles. The van der Waals surface area contributed by atoms with E-state index in [4.69, 9.17) is 5.73 Å². The van der Waals surface area contributed by atoms with Gasteiger partial charge in [0.2, 0.25) is 0 Å². The number of rotatable bonds is 5. The van der Waals surface area contributed by atoms with Crippen LogP contribution in [-0.2, 0) is 13.6 Å². The summed E-state index contributed by atoms with van der Waals surface area (Å²) in [5.74, 6) is 0.883. The van der Waals surface area contributed by atoms with Crippen LogP contribution in [0.4, 0.5) is 5.69 Å². The molecule has 0 spiro atoms. The third-order valence-electron chi connectivity index (χ3n) is 2.45. The van der Waals surface area contributed by atoms with Crippen LogP contribution in [0.5, 0.6) is 0 Å². The maximum Gasteiger partial charge on any atom is 0.250 e. The molecule has 0 aliphatic heterocycles. The Balaban J connectivity index is 1.84. The third-order valence-corrected chi connectivity index (χ3v) is 3.57. The molecular weight excluding hydrogens is 250 g/mol. The van der Waals surface area contributed by atoms with Crippen molar-refractivity contribution in [3.05, 3.63) is 35.0 Å². The molecule has 0 radical (unpaired) electrons. The van der Waals surface area contributed by atoms with Crippen molar-refractivity contribution in [2.24, 2.45) is 7.05 Å². The van der Waals surface area contributed by atoms with E-state index in [9.17, 15) is 4.79 Å². The molecular formula is C11H15N5OS. The summed E-state index contributed by atoms with van der Waals surface area (Å²) in [4.78, 5) is 15.6. The van der Waals surface area contributed by atoms with Gasteiger partial charge in [-0.15, -0.1) is 0 Å². The molecule has 2 N–H and O–H groups in total. The van der Waals surface area contributed by atoms with Gasteiger partial charge in [-0.1, -0.05) is 11.8 Å². The normalized spacial score (nSPS) is 10.7. The monoisotopic (exact) mass is 265 g/mol. The number of thioether (sulfide) groups is 1. The molecule has 0 atom stereocenters. The molecule has 18 heavy (non-hydrogen) atoms. The van der Waals surface area contributed by atoms with Crippen LogP contribution in [-0.4, -0.2) is 25.1 Å². The van der Waals surface area contributed by atoms with E-state index in [0.717, 1.165) is 17.3 Å². The number of hydrogen-bond acceptors (Lipinski definition) is 5. The average molecular weight is 265 g/mol. The summed E-state index contributed by atoms with van der Waals surface area (Å²) in [6.07, 6.45) is 4.08. The Bertz CT molecular complexity index is 577. The minimum atomic E-state index is -0.0205. The van der Waals surface area contributed by atoms with Crippen molar-refractivity contribution in [1.82, 2.24) is 19.3 Å². The first-order valence-electron chi connectivity index (χ1n) is 5.59. The Kier molecular flexibility index (Phi) is 4.03. The van der Waals surface area contributed by atoms with E-state index in [1.165, 1.54) is 12.4 Å². The molecule has 6 nitrogen and oxygen atoms in total. The van der Waals surface area contributed by atoms with E-state index >= 15 is 0 Å². The summed E-state index contributed by atoms with van der Waals surface area (Å²) in [6.45, 7) is 0.661. The summed E-state index contributed by atoms with van der Waals surface area (Å²) >= 11 is 1.63. The lowest BCUT2D eigenvalue weighted by molar-refractivity contribution is 0.655. The topological polar surface area (TPSA) is 78.7 Å². The van der Waals surface area contributed by atoms with Crippen molar-refractivity contribution in [2.45, 2.75) is 18.1 Å². The highest BCUT2D eigenvalue weighted by molar-refractivity contribution is 7.99. The van der Waals surface area contributed by atoms with Gasteiger partial charge in [-0.2, -0.15) is 5.10 Å². The van der Waals surface area contributed by atoms with E-state index in [-0.39, 0.29) is 5.56 Å². The molecule has 0 aliphatic carbocycles. The fraction of sp³-hybridized carbons (Fsp3) is 0.364. The van der Waals surface area contributed by atoms with Gasteiger partial charge in [0, 0.05) is 37.3 Å². The van der Waals surface area contributed by atoms with Gasteiger partial charge in [0.25, 0.3) is 5.56 Å². The van der Waals surface area contributed by atoms with Gasteiger partial charge in [-0.05, 0) is 12.5 Å². The van der Waals surface area contributed by atoms with Gasteiger partial charge >= 0.3 is 0 Å². The lowest BCUT2D eigenvalue weighted by Gasteiger charge is -2.05. The highest BCUT2D eigenvalue weighted by Crippen LogP contribution is 2.14.